The molecule has 22 heavy (non-hydrogen) atoms. The molecule has 0 saturated heterocycles. The minimum atomic E-state index is 0. The molecule has 0 unspecified atom stereocenters. The molecule has 0 bridgehead atoms. The van der Waals surface area contributed by atoms with Crippen LogP contribution in [0.5, 0.6) is 0 Å². The van der Waals surface area contributed by atoms with Gasteiger partial charge in [0, 0.05) is 37.1 Å². The van der Waals surface area contributed by atoms with Gasteiger partial charge in [0.15, 0.2) is 0 Å². The molecule has 0 aliphatic carbocycles. The van der Waals surface area contributed by atoms with Gasteiger partial charge in [0.1, 0.15) is 0 Å². The Bertz CT molecular complexity index is 103. The predicted octanol–water partition coefficient (Wildman–Crippen LogP) is 1.12. The van der Waals surface area contributed by atoms with E-state index in [9.17, 15) is 0 Å². The number of rotatable bonds is 0. The predicted molar refractivity (Wildman–Crippen MR) is 38.5 cm³/mol. The Hall–Kier alpha value is 9.73. The molecule has 0 aromatic heterocycles. The molecule has 2 radical (unpaired) electrons. The zero-order valence-corrected chi connectivity index (χ0v) is 52.6. The summed E-state index contributed by atoms with van der Waals surface area (Å²) in [5.41, 5.74) is 0. The molecular formula is C7H12V2W13-4. The van der Waals surface area contributed by atoms with Gasteiger partial charge in [-0.15, -0.1) is 0 Å². The fourth-order valence-corrected chi connectivity index (χ4v) is 0. The topological polar surface area (TPSA) is 0 Å². The second-order valence-electron chi connectivity index (χ2n) is 0.612. The van der Waals surface area contributed by atoms with Crippen molar-refractivity contribution in [2.75, 3.05) is 0 Å². The van der Waals surface area contributed by atoms with Gasteiger partial charge in [-0.2, -0.15) is 0 Å². The van der Waals surface area contributed by atoms with Crippen molar-refractivity contribution in [1.82, 2.24) is 0 Å². The second-order valence-corrected chi connectivity index (χ2v) is 5.01. The average molecular weight is 2590 g/mol. The standard InChI is InChI=1S/3C2H3.CH3.2V.13W/c3*1-2;;;;;;;;;;;;;;;;/h3*1H3;1H3;;;;;;;;;;;;;;;/q4*-1;;;;;;;;;;;;;;;. The quantitative estimate of drug-likeness (QED) is 0.320. The van der Waals surface area contributed by atoms with Gasteiger partial charge in [-0.25, -0.2) is 0 Å². The Morgan fingerprint density at radius 2 is 0.409 bits per heavy atom. The van der Waals surface area contributed by atoms with Crippen molar-refractivity contribution in [1.29, 1.82) is 0 Å². The van der Waals surface area contributed by atoms with Crippen LogP contribution in [0.1, 0.15) is 20.8 Å². The third-order valence-electron chi connectivity index (χ3n) is 0. The molecular weight excluding hydrogens is 2580 g/mol. The first-order valence-electron chi connectivity index (χ1n) is 2.95. The molecule has 0 aliphatic rings. The average Bonchev–Trinajstić information content (AvgIpc) is 2.51. The molecule has 0 fully saturated rings. The van der Waals surface area contributed by atoms with Crippen LogP contribution in [0.2, 0.25) is 0 Å². The van der Waals surface area contributed by atoms with Gasteiger partial charge >= 0.3 is 254 Å². The minimum absolute atomic E-state index is 0. The molecule has 132 valence electrons. The van der Waals surface area contributed by atoms with Crippen LogP contribution in [0, 0.1) is 7.43 Å². The van der Waals surface area contributed by atoms with E-state index in [1.807, 2.05) is 20.8 Å². The molecule has 0 rings (SSSR count). The Balaban J connectivity index is -0.00000000692. The van der Waals surface area contributed by atoms with E-state index in [2.05, 4.69) is 13.2 Å². The molecule has 0 aromatic rings. The summed E-state index contributed by atoms with van der Waals surface area (Å²) in [6, 6.07) is 0. The van der Waals surface area contributed by atoms with Crippen LogP contribution in [-0.4, -0.2) is 13.2 Å². The zero-order valence-electron chi connectivity index (χ0n) is 11.7. The first-order valence-corrected chi connectivity index (χ1v) is 62.3. The van der Waals surface area contributed by atoms with Gasteiger partial charge in [-0.3, -0.25) is 0 Å². The maximum atomic E-state index is 2.83. The fraction of sp³-hybridized carbons (Fsp3) is 0.429. The van der Waals surface area contributed by atoms with E-state index in [-0.39, 0.29) is 44.5 Å². The van der Waals surface area contributed by atoms with Crippen LogP contribution in [0.25, 0.3) is 0 Å². The van der Waals surface area contributed by atoms with E-state index < -0.39 is 0 Å². The maximum absolute atomic E-state index is 2.83. The summed E-state index contributed by atoms with van der Waals surface area (Å²) in [7, 11) is 0. The third kappa shape index (κ3) is 259. The Kier molecular flexibility index (Phi) is 531. The molecule has 0 heterocycles. The number of hydrogen-bond donors (Lipinski definition) is 0. The Labute approximate surface area is 290 Å². The van der Waals surface area contributed by atoms with E-state index in [1.54, 1.807) is 162 Å². The van der Waals surface area contributed by atoms with Crippen molar-refractivity contribution in [3.05, 3.63) is 7.43 Å². The van der Waals surface area contributed by atoms with Crippen LogP contribution < -0.4 is 0 Å². The SMILES string of the molecule is C[C-]=[W].C[C-]=[W].C[C-]=[W].[CH3-].[V].[V].[W]=[W].[W]=[W].[W]=[W].[W]=[W].[W]=[W]. The molecule has 0 aromatic carbocycles. The summed E-state index contributed by atoms with van der Waals surface area (Å²) in [6.45, 7) is 5.74. The van der Waals surface area contributed by atoms with Crippen LogP contribution in [0.4, 0.5) is 0 Å². The third-order valence-corrected chi connectivity index (χ3v) is 0. The molecule has 0 aliphatic heterocycles. The van der Waals surface area contributed by atoms with Crippen LogP contribution >= 0.6 is 0 Å². The molecule has 15 heteroatoms. The van der Waals surface area contributed by atoms with Gasteiger partial charge < -0.3 is 7.43 Å². The summed E-state index contributed by atoms with van der Waals surface area (Å²) >= 11 is 20.9. The first kappa shape index (κ1) is 69.7. The Morgan fingerprint density at radius 3 is 0.409 bits per heavy atom. The van der Waals surface area contributed by atoms with E-state index in [1.165, 1.54) is 58.1 Å². The summed E-state index contributed by atoms with van der Waals surface area (Å²) in [5.74, 6) is 0. The normalized spacial score (nSPS) is 2.68. The fourth-order valence-electron chi connectivity index (χ4n) is 0. The van der Waals surface area contributed by atoms with Crippen LogP contribution in [-0.2, 0) is 257 Å². The summed E-state index contributed by atoms with van der Waals surface area (Å²) in [5, 5.41) is 0. The van der Waals surface area contributed by atoms with Gasteiger partial charge in [0.05, 0.1) is 0 Å². The summed E-state index contributed by atoms with van der Waals surface area (Å²) in [4.78, 5) is 0. The van der Waals surface area contributed by atoms with E-state index >= 15 is 0 Å². The van der Waals surface area contributed by atoms with Crippen molar-refractivity contribution in [3.8, 4) is 0 Å². The molecule has 0 saturated carbocycles. The van der Waals surface area contributed by atoms with Crippen molar-refractivity contribution in [2.24, 2.45) is 0 Å². The summed E-state index contributed by atoms with van der Waals surface area (Å²) in [6.07, 6.45) is 0. The van der Waals surface area contributed by atoms with Crippen molar-refractivity contribution in [3.63, 3.8) is 0 Å². The van der Waals surface area contributed by atoms with E-state index in [0.29, 0.717) is 0 Å². The van der Waals surface area contributed by atoms with Crippen molar-refractivity contribution in [2.45, 2.75) is 20.8 Å². The van der Waals surface area contributed by atoms with Gasteiger partial charge in [0.25, 0.3) is 0 Å². The molecule has 0 atom stereocenters. The summed E-state index contributed by atoms with van der Waals surface area (Å²) < 4.78 is 8.50. The van der Waals surface area contributed by atoms with Crippen LogP contribution in [0.3, 0.4) is 0 Å². The molecule has 0 N–H and O–H groups in total. The van der Waals surface area contributed by atoms with Gasteiger partial charge in [-0.05, 0) is 0 Å². The molecule has 0 nitrogen and oxygen atoms in total. The number of hydrogen-bond acceptors (Lipinski definition) is 0. The first-order chi connectivity index (χ1) is 9.24. The van der Waals surface area contributed by atoms with Crippen LogP contribution in [0.15, 0.2) is 0 Å². The Morgan fingerprint density at radius 1 is 0.409 bits per heavy atom. The molecule has 0 amide bonds. The second kappa shape index (κ2) is 168. The van der Waals surface area contributed by atoms with E-state index in [4.69, 9.17) is 0 Å². The monoisotopic (exact) mass is 2590 g/mol. The van der Waals surface area contributed by atoms with Crippen molar-refractivity contribution >= 4 is 13.2 Å². The van der Waals surface area contributed by atoms with Gasteiger partial charge in [-0.1, -0.05) is 0 Å². The van der Waals surface area contributed by atoms with E-state index in [0.717, 1.165) is 0 Å². The van der Waals surface area contributed by atoms with Crippen molar-refractivity contribution < 1.29 is 257 Å². The zero-order chi connectivity index (χ0) is 18.1. The van der Waals surface area contributed by atoms with Gasteiger partial charge in [0.2, 0.25) is 0 Å². The molecule has 0 spiro atoms.